The Kier molecular flexibility index (Phi) is 3.06. The fraction of sp³-hybridized carbons (Fsp3) is 0.750. The molecule has 0 aromatic carbocycles. The highest BCUT2D eigenvalue weighted by Crippen LogP contribution is 2.22. The van der Waals surface area contributed by atoms with E-state index in [1.54, 1.807) is 0 Å². The van der Waals surface area contributed by atoms with Gasteiger partial charge in [-0.2, -0.15) is 5.26 Å². The quantitative estimate of drug-likeness (QED) is 0.566. The van der Waals surface area contributed by atoms with Crippen LogP contribution in [0.1, 0.15) is 19.3 Å². The zero-order valence-corrected chi connectivity index (χ0v) is 6.32. The first-order valence-corrected chi connectivity index (χ1v) is 3.82. The standard InChI is InChI=1S/C8H11NO2/c9-4-1-2-8-7(6-10)3-5-11-8/h6-8H,1-3,5H2/t7-,8+/m1/s1. The van der Waals surface area contributed by atoms with Gasteiger partial charge in [0.05, 0.1) is 12.2 Å². The summed E-state index contributed by atoms with van der Waals surface area (Å²) in [5.74, 6) is 0.0309. The zero-order chi connectivity index (χ0) is 8.10. The van der Waals surface area contributed by atoms with E-state index >= 15 is 0 Å². The van der Waals surface area contributed by atoms with Gasteiger partial charge in [-0.05, 0) is 12.8 Å². The summed E-state index contributed by atoms with van der Waals surface area (Å²) in [6.45, 7) is 0.666. The third-order valence-corrected chi connectivity index (χ3v) is 1.98. The summed E-state index contributed by atoms with van der Waals surface area (Å²) in [4.78, 5) is 10.4. The van der Waals surface area contributed by atoms with Crippen molar-refractivity contribution in [2.24, 2.45) is 5.92 Å². The Morgan fingerprint density at radius 2 is 2.55 bits per heavy atom. The largest absolute Gasteiger partial charge is 0.377 e. The highest BCUT2D eigenvalue weighted by molar-refractivity contribution is 5.54. The minimum absolute atomic E-state index is 0.00662. The molecule has 0 spiro atoms. The predicted molar refractivity (Wildman–Crippen MR) is 38.8 cm³/mol. The van der Waals surface area contributed by atoms with Crippen LogP contribution in [0.25, 0.3) is 0 Å². The van der Waals surface area contributed by atoms with E-state index in [4.69, 9.17) is 10.00 Å². The Morgan fingerprint density at radius 3 is 3.18 bits per heavy atom. The molecule has 1 fully saturated rings. The van der Waals surface area contributed by atoms with Crippen LogP contribution in [0.3, 0.4) is 0 Å². The Bertz CT molecular complexity index is 173. The van der Waals surface area contributed by atoms with Crippen LogP contribution in [-0.2, 0) is 9.53 Å². The van der Waals surface area contributed by atoms with Crippen molar-refractivity contribution in [2.45, 2.75) is 25.4 Å². The topological polar surface area (TPSA) is 50.1 Å². The van der Waals surface area contributed by atoms with Crippen molar-refractivity contribution in [3.8, 4) is 6.07 Å². The third-order valence-electron chi connectivity index (χ3n) is 1.98. The summed E-state index contributed by atoms with van der Waals surface area (Å²) >= 11 is 0. The van der Waals surface area contributed by atoms with Crippen LogP contribution in [0.5, 0.6) is 0 Å². The lowest BCUT2D eigenvalue weighted by molar-refractivity contribution is -0.112. The number of nitriles is 1. The Morgan fingerprint density at radius 1 is 1.73 bits per heavy atom. The Hall–Kier alpha value is -0.880. The van der Waals surface area contributed by atoms with Crippen molar-refractivity contribution in [2.75, 3.05) is 6.61 Å². The highest BCUT2D eigenvalue weighted by atomic mass is 16.5. The number of aldehydes is 1. The van der Waals surface area contributed by atoms with Crippen molar-refractivity contribution in [3.05, 3.63) is 0 Å². The average molecular weight is 153 g/mol. The minimum atomic E-state index is 0.00662. The SMILES string of the molecule is N#CCC[C@@H]1OCC[C@@H]1C=O. The minimum Gasteiger partial charge on any atom is -0.377 e. The first-order valence-electron chi connectivity index (χ1n) is 3.82. The van der Waals surface area contributed by atoms with Crippen molar-refractivity contribution < 1.29 is 9.53 Å². The number of ether oxygens (including phenoxy) is 1. The van der Waals surface area contributed by atoms with E-state index in [1.807, 2.05) is 6.07 Å². The molecule has 2 atom stereocenters. The molecule has 1 aliphatic rings. The van der Waals surface area contributed by atoms with Gasteiger partial charge in [-0.3, -0.25) is 0 Å². The number of carbonyl (C=O) groups excluding carboxylic acids is 1. The lowest BCUT2D eigenvalue weighted by Gasteiger charge is -2.10. The second-order valence-electron chi connectivity index (χ2n) is 2.69. The molecule has 1 saturated heterocycles. The normalized spacial score (nSPS) is 29.7. The van der Waals surface area contributed by atoms with Crippen LogP contribution in [0.2, 0.25) is 0 Å². The molecular formula is C8H11NO2. The molecule has 1 heterocycles. The fourth-order valence-corrected chi connectivity index (χ4v) is 1.32. The molecule has 0 saturated carbocycles. The van der Waals surface area contributed by atoms with Crippen LogP contribution in [0, 0.1) is 17.2 Å². The van der Waals surface area contributed by atoms with Crippen molar-refractivity contribution >= 4 is 6.29 Å². The smallest absolute Gasteiger partial charge is 0.125 e. The molecule has 0 aliphatic carbocycles. The summed E-state index contributed by atoms with van der Waals surface area (Å²) in [5, 5.41) is 8.29. The molecule has 0 amide bonds. The molecule has 0 aromatic rings. The lowest BCUT2D eigenvalue weighted by Crippen LogP contribution is -2.16. The molecular weight excluding hydrogens is 142 g/mol. The van der Waals surface area contributed by atoms with Gasteiger partial charge in [-0.15, -0.1) is 0 Å². The van der Waals surface area contributed by atoms with E-state index in [9.17, 15) is 4.79 Å². The van der Waals surface area contributed by atoms with E-state index in [1.165, 1.54) is 0 Å². The van der Waals surface area contributed by atoms with Crippen LogP contribution in [0.4, 0.5) is 0 Å². The Balaban J connectivity index is 2.32. The van der Waals surface area contributed by atoms with Gasteiger partial charge in [0.15, 0.2) is 0 Å². The highest BCUT2D eigenvalue weighted by Gasteiger charge is 2.26. The van der Waals surface area contributed by atoms with Crippen LogP contribution < -0.4 is 0 Å². The monoisotopic (exact) mass is 153 g/mol. The fourth-order valence-electron chi connectivity index (χ4n) is 1.32. The molecule has 0 aromatic heterocycles. The van der Waals surface area contributed by atoms with Crippen molar-refractivity contribution in [1.29, 1.82) is 5.26 Å². The van der Waals surface area contributed by atoms with E-state index in [0.717, 1.165) is 12.7 Å². The lowest BCUT2D eigenvalue weighted by atomic mass is 10.00. The molecule has 3 heteroatoms. The zero-order valence-electron chi connectivity index (χ0n) is 6.32. The predicted octanol–water partition coefficient (Wildman–Crippen LogP) is 0.894. The molecule has 0 N–H and O–H groups in total. The van der Waals surface area contributed by atoms with Gasteiger partial charge in [-0.25, -0.2) is 0 Å². The van der Waals surface area contributed by atoms with Crippen LogP contribution >= 0.6 is 0 Å². The Labute approximate surface area is 66.0 Å². The van der Waals surface area contributed by atoms with Crippen LogP contribution in [0.15, 0.2) is 0 Å². The first kappa shape index (κ1) is 8.22. The molecule has 0 bridgehead atoms. The molecule has 0 radical (unpaired) electrons. The summed E-state index contributed by atoms with van der Waals surface area (Å²) in [5.41, 5.74) is 0. The number of hydrogen-bond acceptors (Lipinski definition) is 3. The van der Waals surface area contributed by atoms with Gasteiger partial charge in [-0.1, -0.05) is 0 Å². The molecule has 0 unspecified atom stereocenters. The second kappa shape index (κ2) is 4.09. The first-order chi connectivity index (χ1) is 5.38. The number of carbonyl (C=O) groups is 1. The van der Waals surface area contributed by atoms with Crippen molar-refractivity contribution in [3.63, 3.8) is 0 Å². The maximum Gasteiger partial charge on any atom is 0.125 e. The van der Waals surface area contributed by atoms with E-state index in [-0.39, 0.29) is 12.0 Å². The van der Waals surface area contributed by atoms with Gasteiger partial charge in [0.2, 0.25) is 0 Å². The van der Waals surface area contributed by atoms with Gasteiger partial charge >= 0.3 is 0 Å². The van der Waals surface area contributed by atoms with E-state index in [2.05, 4.69) is 0 Å². The molecule has 11 heavy (non-hydrogen) atoms. The second-order valence-corrected chi connectivity index (χ2v) is 2.69. The third kappa shape index (κ3) is 2.02. The van der Waals surface area contributed by atoms with Crippen LogP contribution in [-0.4, -0.2) is 19.0 Å². The summed E-state index contributed by atoms with van der Waals surface area (Å²) in [7, 11) is 0. The van der Waals surface area contributed by atoms with Gasteiger partial charge < -0.3 is 9.53 Å². The van der Waals surface area contributed by atoms with Gasteiger partial charge in [0.25, 0.3) is 0 Å². The van der Waals surface area contributed by atoms with E-state index < -0.39 is 0 Å². The molecule has 1 rings (SSSR count). The number of hydrogen-bond donors (Lipinski definition) is 0. The number of rotatable bonds is 3. The summed E-state index contributed by atoms with van der Waals surface area (Å²) in [6, 6.07) is 2.04. The number of nitrogens with zero attached hydrogens (tertiary/aromatic N) is 1. The molecule has 1 aliphatic heterocycles. The van der Waals surface area contributed by atoms with Gasteiger partial charge in [0, 0.05) is 18.9 Å². The van der Waals surface area contributed by atoms with Gasteiger partial charge in [0.1, 0.15) is 6.29 Å². The molecule has 3 nitrogen and oxygen atoms in total. The van der Waals surface area contributed by atoms with E-state index in [0.29, 0.717) is 19.4 Å². The maximum absolute atomic E-state index is 10.4. The average Bonchev–Trinajstić information content (AvgIpc) is 2.47. The summed E-state index contributed by atoms with van der Waals surface area (Å²) in [6.07, 6.45) is 2.94. The summed E-state index contributed by atoms with van der Waals surface area (Å²) < 4.78 is 5.28. The molecule has 60 valence electrons. The maximum atomic E-state index is 10.4. The van der Waals surface area contributed by atoms with Crippen molar-refractivity contribution in [1.82, 2.24) is 0 Å².